The second-order valence-corrected chi connectivity index (χ2v) is 3.49. The van der Waals surface area contributed by atoms with Crippen molar-refractivity contribution in [2.45, 2.75) is 13.8 Å². The van der Waals surface area contributed by atoms with Crippen molar-refractivity contribution in [2.24, 2.45) is 0 Å². The van der Waals surface area contributed by atoms with Gasteiger partial charge in [0.05, 0.1) is 12.2 Å². The van der Waals surface area contributed by atoms with Gasteiger partial charge in [0.2, 0.25) is 5.91 Å². The summed E-state index contributed by atoms with van der Waals surface area (Å²) in [6.07, 6.45) is 0.992. The molecule has 0 bridgehead atoms. The average molecular weight is 264 g/mol. The Morgan fingerprint density at radius 1 is 1.58 bits per heavy atom. The zero-order valence-corrected chi connectivity index (χ0v) is 10.4. The maximum Gasteiger partial charge on any atom is 0.348 e. The molecule has 0 aliphatic carbocycles. The molecular formula is C11H12N4O4. The molecule has 1 aromatic heterocycles. The van der Waals surface area contributed by atoms with E-state index >= 15 is 0 Å². The Labute approximate surface area is 108 Å². The Morgan fingerprint density at radius 2 is 2.21 bits per heavy atom. The van der Waals surface area contributed by atoms with E-state index in [-0.39, 0.29) is 23.6 Å². The van der Waals surface area contributed by atoms with Crippen LogP contribution in [0.3, 0.4) is 0 Å². The van der Waals surface area contributed by atoms with Crippen LogP contribution in [0.4, 0.5) is 5.82 Å². The minimum atomic E-state index is -0.862. The van der Waals surface area contributed by atoms with E-state index in [9.17, 15) is 14.4 Å². The molecule has 0 aliphatic rings. The number of nitriles is 1. The number of H-pyrrole nitrogens is 1. The van der Waals surface area contributed by atoms with Gasteiger partial charge in [-0.05, 0) is 13.0 Å². The van der Waals surface area contributed by atoms with Crippen molar-refractivity contribution in [1.29, 1.82) is 5.26 Å². The zero-order chi connectivity index (χ0) is 14.6. The summed E-state index contributed by atoms with van der Waals surface area (Å²) < 4.78 is 5.33. The first-order chi connectivity index (χ1) is 8.92. The molecule has 0 saturated carbocycles. The number of nitrogens with one attached hydrogen (secondary N) is 1. The summed E-state index contributed by atoms with van der Waals surface area (Å²) in [7, 11) is 0. The quantitative estimate of drug-likeness (QED) is 0.445. The number of anilines is 1. The number of ether oxygens (including phenoxy) is 1. The summed E-state index contributed by atoms with van der Waals surface area (Å²) in [4.78, 5) is 34.3. The Hall–Kier alpha value is -2.82. The van der Waals surface area contributed by atoms with Crippen molar-refractivity contribution in [3.8, 4) is 6.07 Å². The smallest absolute Gasteiger partial charge is 0.348 e. The number of hydrogen-bond donors (Lipinski definition) is 2. The first-order valence-corrected chi connectivity index (χ1v) is 5.32. The van der Waals surface area contributed by atoms with Gasteiger partial charge in [-0.2, -0.15) is 9.94 Å². The summed E-state index contributed by atoms with van der Waals surface area (Å²) in [6.45, 7) is 2.85. The molecular weight excluding hydrogens is 252 g/mol. The van der Waals surface area contributed by atoms with Crippen molar-refractivity contribution in [1.82, 2.24) is 9.78 Å². The van der Waals surface area contributed by atoms with Crippen LogP contribution in [-0.4, -0.2) is 28.3 Å². The number of aromatic amines is 1. The van der Waals surface area contributed by atoms with Crippen LogP contribution >= 0.6 is 0 Å². The van der Waals surface area contributed by atoms with E-state index in [0.717, 1.165) is 6.08 Å². The Balaban J connectivity index is 3.32. The summed E-state index contributed by atoms with van der Waals surface area (Å²) in [6, 6.07) is 1.61. The van der Waals surface area contributed by atoms with Gasteiger partial charge in [0.15, 0.2) is 0 Å². The fourth-order valence-corrected chi connectivity index (χ4v) is 1.32. The van der Waals surface area contributed by atoms with Gasteiger partial charge in [-0.15, -0.1) is 0 Å². The lowest BCUT2D eigenvalue weighted by Crippen LogP contribution is -2.23. The number of nitrogens with zero attached hydrogens (tertiary/aromatic N) is 2. The molecule has 8 heteroatoms. The predicted molar refractivity (Wildman–Crippen MR) is 66.0 cm³/mol. The molecule has 0 fully saturated rings. The zero-order valence-electron chi connectivity index (χ0n) is 10.4. The Bertz CT molecular complexity index is 645. The van der Waals surface area contributed by atoms with Gasteiger partial charge < -0.3 is 10.5 Å². The molecule has 0 spiro atoms. The lowest BCUT2D eigenvalue weighted by Gasteiger charge is -1.98. The summed E-state index contributed by atoms with van der Waals surface area (Å²) in [5, 5.41) is 11.2. The highest BCUT2D eigenvalue weighted by molar-refractivity contribution is 5.98. The molecule has 8 nitrogen and oxygen atoms in total. The number of hydrogen-bond acceptors (Lipinski definition) is 6. The molecule has 19 heavy (non-hydrogen) atoms. The molecule has 0 atom stereocenters. The van der Waals surface area contributed by atoms with Crippen molar-refractivity contribution in [3.63, 3.8) is 0 Å². The summed E-state index contributed by atoms with van der Waals surface area (Å²) in [5.41, 5.74) is 4.27. The molecule has 1 rings (SSSR count). The van der Waals surface area contributed by atoms with E-state index in [0.29, 0.717) is 4.68 Å². The van der Waals surface area contributed by atoms with Crippen LogP contribution in [0.5, 0.6) is 0 Å². The fraction of sp³-hybridized carbons (Fsp3) is 0.273. The first kappa shape index (κ1) is 14.2. The third-order valence-electron chi connectivity index (χ3n) is 2.18. The van der Waals surface area contributed by atoms with Gasteiger partial charge in [-0.3, -0.25) is 14.7 Å². The number of rotatable bonds is 3. The molecule has 0 aromatic carbocycles. The molecule has 0 aliphatic heterocycles. The molecule has 0 unspecified atom stereocenters. The highest BCUT2D eigenvalue weighted by atomic mass is 16.5. The van der Waals surface area contributed by atoms with Crippen LogP contribution in [0.15, 0.2) is 10.4 Å². The van der Waals surface area contributed by atoms with Crippen LogP contribution in [0.25, 0.3) is 6.08 Å². The van der Waals surface area contributed by atoms with Crippen molar-refractivity contribution in [2.75, 3.05) is 12.3 Å². The summed E-state index contributed by atoms with van der Waals surface area (Å²) >= 11 is 0. The van der Waals surface area contributed by atoms with Crippen LogP contribution in [-0.2, 0) is 9.53 Å². The first-order valence-electron chi connectivity index (χ1n) is 5.32. The normalized spacial score (nSPS) is 10.9. The average Bonchev–Trinajstić information content (AvgIpc) is 2.63. The monoisotopic (exact) mass is 264 g/mol. The lowest BCUT2D eigenvalue weighted by molar-refractivity contribution is -0.137. The minimum absolute atomic E-state index is 0.0954. The van der Waals surface area contributed by atoms with Gasteiger partial charge in [-0.1, -0.05) is 0 Å². The molecule has 0 saturated heterocycles. The highest BCUT2D eigenvalue weighted by Gasteiger charge is 2.16. The molecule has 0 amide bonds. The van der Waals surface area contributed by atoms with Gasteiger partial charge in [0.1, 0.15) is 17.5 Å². The second-order valence-electron chi connectivity index (χ2n) is 3.49. The Morgan fingerprint density at radius 3 is 2.63 bits per heavy atom. The minimum Gasteiger partial charge on any atom is -0.462 e. The fourth-order valence-electron chi connectivity index (χ4n) is 1.32. The van der Waals surface area contributed by atoms with E-state index in [2.05, 4.69) is 9.84 Å². The number of aromatic nitrogens is 2. The van der Waals surface area contributed by atoms with Gasteiger partial charge in [-0.25, -0.2) is 4.79 Å². The van der Waals surface area contributed by atoms with E-state index in [1.165, 1.54) is 6.92 Å². The van der Waals surface area contributed by atoms with Crippen molar-refractivity contribution >= 4 is 23.8 Å². The molecule has 100 valence electrons. The standard InChI is InChI=1S/C11H12N4O4/c1-3-19-11(18)7(5-12)4-8-9(13)14-15(6(2)16)10(8)17/h4,14H,3,13H2,1-2H3/b7-4+. The number of nitrogens with two attached hydrogens (primary N) is 1. The lowest BCUT2D eigenvalue weighted by atomic mass is 10.2. The van der Waals surface area contributed by atoms with Crippen molar-refractivity contribution < 1.29 is 14.3 Å². The predicted octanol–water partition coefficient (Wildman–Crippen LogP) is -0.111. The maximum atomic E-state index is 11.8. The van der Waals surface area contributed by atoms with E-state index in [1.807, 2.05) is 0 Å². The largest absolute Gasteiger partial charge is 0.462 e. The van der Waals surface area contributed by atoms with E-state index in [4.69, 9.17) is 11.0 Å². The third kappa shape index (κ3) is 2.90. The van der Waals surface area contributed by atoms with Crippen LogP contribution < -0.4 is 11.3 Å². The number of esters is 1. The molecule has 1 aromatic rings. The maximum absolute atomic E-state index is 11.8. The summed E-state index contributed by atoms with van der Waals surface area (Å²) in [5.74, 6) is -1.54. The van der Waals surface area contributed by atoms with Gasteiger partial charge in [0, 0.05) is 6.92 Å². The van der Waals surface area contributed by atoms with E-state index < -0.39 is 17.4 Å². The number of carbonyl (C=O) groups is 2. The van der Waals surface area contributed by atoms with Crippen LogP contribution in [0.2, 0.25) is 0 Å². The van der Waals surface area contributed by atoms with Gasteiger partial charge in [0.25, 0.3) is 5.56 Å². The van der Waals surface area contributed by atoms with E-state index in [1.54, 1.807) is 13.0 Å². The number of carbonyl (C=O) groups excluding carboxylic acids is 2. The molecule has 1 heterocycles. The highest BCUT2D eigenvalue weighted by Crippen LogP contribution is 2.10. The Kier molecular flexibility index (Phi) is 4.26. The molecule has 0 radical (unpaired) electrons. The van der Waals surface area contributed by atoms with Crippen molar-refractivity contribution in [3.05, 3.63) is 21.5 Å². The van der Waals surface area contributed by atoms with Gasteiger partial charge >= 0.3 is 5.97 Å². The number of nitrogen functional groups attached to an aromatic ring is 1. The third-order valence-corrected chi connectivity index (χ3v) is 2.18. The van der Waals surface area contributed by atoms with Crippen LogP contribution in [0, 0.1) is 11.3 Å². The molecule has 3 N–H and O–H groups in total. The SMILES string of the molecule is CCOC(=O)/C(C#N)=C/c1c(N)[nH]n(C(C)=O)c1=O. The second kappa shape index (κ2) is 5.68. The van der Waals surface area contributed by atoms with Crippen LogP contribution in [0.1, 0.15) is 24.2 Å². The topological polar surface area (TPSA) is 131 Å².